The number of ether oxygens (including phenoxy) is 1. The first-order valence-corrected chi connectivity index (χ1v) is 6.39. The van der Waals surface area contributed by atoms with Crippen molar-refractivity contribution in [2.75, 3.05) is 0 Å². The van der Waals surface area contributed by atoms with Crippen molar-refractivity contribution in [3.05, 3.63) is 0 Å². The Balaban J connectivity index is 3.03. The number of rotatable bonds is 2. The van der Waals surface area contributed by atoms with Crippen LogP contribution in [0.25, 0.3) is 0 Å². The molecule has 0 amide bonds. The third kappa shape index (κ3) is 3.70. The average molecular weight is 242 g/mol. The Bertz CT molecular complexity index is 297. The van der Waals surface area contributed by atoms with Crippen LogP contribution in [0.4, 0.5) is 0 Å². The van der Waals surface area contributed by atoms with Crippen molar-refractivity contribution in [1.82, 2.24) is 0 Å². The van der Waals surface area contributed by atoms with Crippen LogP contribution in [-0.2, 0) is 9.53 Å². The molecule has 0 radical (unpaired) electrons. The lowest BCUT2D eigenvalue weighted by atomic mass is 9.65. The number of carboxylic acids is 1. The Hall–Kier alpha value is -0.570. The monoisotopic (exact) mass is 242 g/mol. The number of hydrogen-bond acceptors (Lipinski definition) is 2. The Morgan fingerprint density at radius 2 is 1.82 bits per heavy atom. The van der Waals surface area contributed by atoms with E-state index in [1.807, 2.05) is 20.8 Å². The molecule has 3 nitrogen and oxygen atoms in total. The zero-order valence-corrected chi connectivity index (χ0v) is 12.0. The van der Waals surface area contributed by atoms with E-state index in [0.717, 1.165) is 6.42 Å². The summed E-state index contributed by atoms with van der Waals surface area (Å²) in [5.74, 6) is -0.427. The molecule has 1 rings (SSSR count). The van der Waals surface area contributed by atoms with Crippen molar-refractivity contribution in [1.29, 1.82) is 0 Å². The zero-order chi connectivity index (χ0) is 13.5. The second-order valence-corrected chi connectivity index (χ2v) is 7.37. The van der Waals surface area contributed by atoms with E-state index in [0.29, 0.717) is 18.8 Å². The summed E-state index contributed by atoms with van der Waals surface area (Å²) in [6.45, 7) is 12.1. The van der Waals surface area contributed by atoms with Crippen LogP contribution in [0.2, 0.25) is 0 Å². The molecule has 3 heteroatoms. The molecular formula is C14H26O3. The molecule has 1 fully saturated rings. The minimum absolute atomic E-state index is 0.0291. The maximum atomic E-state index is 11.7. The van der Waals surface area contributed by atoms with E-state index in [4.69, 9.17) is 4.74 Å². The lowest BCUT2D eigenvalue weighted by Gasteiger charge is -2.47. The molecule has 1 aliphatic carbocycles. The summed E-state index contributed by atoms with van der Waals surface area (Å²) in [7, 11) is 0. The van der Waals surface area contributed by atoms with Gasteiger partial charge in [-0.3, -0.25) is 0 Å². The summed E-state index contributed by atoms with van der Waals surface area (Å²) in [4.78, 5) is 11.7. The van der Waals surface area contributed by atoms with Crippen molar-refractivity contribution in [2.24, 2.45) is 11.3 Å². The summed E-state index contributed by atoms with van der Waals surface area (Å²) in [5.41, 5.74) is -1.41. The number of carbonyl (C=O) groups is 1. The SMILES string of the molecule is CC1CC(C)(C)CC(OC(C)(C)C)(C(=O)O)C1. The van der Waals surface area contributed by atoms with Gasteiger partial charge in [0.25, 0.3) is 0 Å². The highest BCUT2D eigenvalue weighted by Gasteiger charge is 2.50. The smallest absolute Gasteiger partial charge is 0.336 e. The van der Waals surface area contributed by atoms with Crippen molar-refractivity contribution in [3.8, 4) is 0 Å². The third-order valence-electron chi connectivity index (χ3n) is 3.23. The van der Waals surface area contributed by atoms with E-state index in [1.165, 1.54) is 0 Å². The first-order valence-electron chi connectivity index (χ1n) is 6.39. The summed E-state index contributed by atoms with van der Waals surface area (Å²) < 4.78 is 5.93. The van der Waals surface area contributed by atoms with Gasteiger partial charge in [0.15, 0.2) is 5.60 Å². The summed E-state index contributed by atoms with van der Waals surface area (Å²) in [6, 6.07) is 0. The van der Waals surface area contributed by atoms with Gasteiger partial charge in [0.05, 0.1) is 5.60 Å². The van der Waals surface area contributed by atoms with Crippen LogP contribution in [-0.4, -0.2) is 22.3 Å². The Labute approximate surface area is 105 Å². The predicted octanol–water partition coefficient (Wildman–Crippen LogP) is 3.47. The zero-order valence-electron chi connectivity index (χ0n) is 12.0. The summed E-state index contributed by atoms with van der Waals surface area (Å²) in [6.07, 6.45) is 2.27. The first-order chi connectivity index (χ1) is 7.46. The molecule has 2 unspecified atom stereocenters. The van der Waals surface area contributed by atoms with Crippen molar-refractivity contribution < 1.29 is 14.6 Å². The van der Waals surface area contributed by atoms with Gasteiger partial charge in [-0.15, -0.1) is 0 Å². The van der Waals surface area contributed by atoms with Crippen LogP contribution < -0.4 is 0 Å². The number of aliphatic carboxylic acids is 1. The van der Waals surface area contributed by atoms with Gasteiger partial charge in [0.2, 0.25) is 0 Å². The lowest BCUT2D eigenvalue weighted by molar-refractivity contribution is -0.203. The fraction of sp³-hybridized carbons (Fsp3) is 0.929. The normalized spacial score (nSPS) is 33.4. The standard InChI is InChI=1S/C14H26O3/c1-10-7-13(5,6)9-14(8-10,11(15)16)17-12(2,3)4/h10H,7-9H2,1-6H3,(H,15,16). The number of carboxylic acid groups (broad SMARTS) is 1. The largest absolute Gasteiger partial charge is 0.479 e. The summed E-state index contributed by atoms with van der Waals surface area (Å²) >= 11 is 0. The van der Waals surface area contributed by atoms with Crippen LogP contribution in [0, 0.1) is 11.3 Å². The van der Waals surface area contributed by atoms with E-state index >= 15 is 0 Å². The predicted molar refractivity (Wildman–Crippen MR) is 68.0 cm³/mol. The van der Waals surface area contributed by atoms with Crippen molar-refractivity contribution >= 4 is 5.97 Å². The fourth-order valence-corrected chi connectivity index (χ4v) is 3.37. The van der Waals surface area contributed by atoms with Gasteiger partial charge < -0.3 is 9.84 Å². The molecule has 0 heterocycles. The van der Waals surface area contributed by atoms with Gasteiger partial charge >= 0.3 is 5.97 Å². The molecule has 0 aromatic heterocycles. The molecule has 17 heavy (non-hydrogen) atoms. The van der Waals surface area contributed by atoms with Gasteiger partial charge in [0.1, 0.15) is 0 Å². The van der Waals surface area contributed by atoms with Crippen LogP contribution >= 0.6 is 0 Å². The van der Waals surface area contributed by atoms with E-state index in [1.54, 1.807) is 0 Å². The first kappa shape index (κ1) is 14.5. The van der Waals surface area contributed by atoms with Gasteiger partial charge in [-0.05, 0) is 51.4 Å². The minimum atomic E-state index is -1.01. The van der Waals surface area contributed by atoms with Gasteiger partial charge in [-0.1, -0.05) is 20.8 Å². The van der Waals surface area contributed by atoms with Gasteiger partial charge in [0, 0.05) is 0 Å². The van der Waals surface area contributed by atoms with Crippen LogP contribution in [0.5, 0.6) is 0 Å². The Morgan fingerprint density at radius 1 is 1.29 bits per heavy atom. The quantitative estimate of drug-likeness (QED) is 0.806. The molecule has 0 bridgehead atoms. The number of hydrogen-bond donors (Lipinski definition) is 1. The summed E-state index contributed by atoms with van der Waals surface area (Å²) in [5, 5.41) is 9.58. The highest BCUT2D eigenvalue weighted by Crippen LogP contribution is 2.47. The molecule has 0 aromatic rings. The molecular weight excluding hydrogens is 216 g/mol. The molecule has 0 spiro atoms. The van der Waals surface area contributed by atoms with E-state index in [-0.39, 0.29) is 5.41 Å². The minimum Gasteiger partial charge on any atom is -0.479 e. The second-order valence-electron chi connectivity index (χ2n) is 7.37. The molecule has 0 aromatic carbocycles. The Morgan fingerprint density at radius 3 is 2.18 bits per heavy atom. The van der Waals surface area contributed by atoms with Crippen molar-refractivity contribution in [3.63, 3.8) is 0 Å². The van der Waals surface area contributed by atoms with Crippen molar-refractivity contribution in [2.45, 2.75) is 72.0 Å². The van der Waals surface area contributed by atoms with Gasteiger partial charge in [-0.2, -0.15) is 0 Å². The molecule has 1 N–H and O–H groups in total. The van der Waals surface area contributed by atoms with E-state index < -0.39 is 17.2 Å². The highest BCUT2D eigenvalue weighted by atomic mass is 16.5. The molecule has 0 aliphatic heterocycles. The maximum absolute atomic E-state index is 11.7. The molecule has 0 saturated heterocycles. The van der Waals surface area contributed by atoms with Crippen LogP contribution in [0.15, 0.2) is 0 Å². The van der Waals surface area contributed by atoms with Crippen LogP contribution in [0.3, 0.4) is 0 Å². The molecule has 100 valence electrons. The highest BCUT2D eigenvalue weighted by molar-refractivity contribution is 5.78. The van der Waals surface area contributed by atoms with Crippen LogP contribution in [0.1, 0.15) is 60.8 Å². The van der Waals surface area contributed by atoms with E-state index in [9.17, 15) is 9.90 Å². The third-order valence-corrected chi connectivity index (χ3v) is 3.23. The average Bonchev–Trinajstić information content (AvgIpc) is 1.94. The molecule has 2 atom stereocenters. The fourth-order valence-electron chi connectivity index (χ4n) is 3.37. The van der Waals surface area contributed by atoms with E-state index in [2.05, 4.69) is 20.8 Å². The second kappa shape index (κ2) is 4.27. The topological polar surface area (TPSA) is 46.5 Å². The lowest BCUT2D eigenvalue weighted by Crippen LogP contribution is -2.53. The maximum Gasteiger partial charge on any atom is 0.336 e. The molecule has 1 aliphatic rings. The Kier molecular flexibility index (Phi) is 3.64. The van der Waals surface area contributed by atoms with Gasteiger partial charge in [-0.25, -0.2) is 4.79 Å². The molecule has 1 saturated carbocycles.